The van der Waals surface area contributed by atoms with Gasteiger partial charge < -0.3 is 10.6 Å². The van der Waals surface area contributed by atoms with E-state index in [1.165, 1.54) is 0 Å². The van der Waals surface area contributed by atoms with Crippen LogP contribution in [0.5, 0.6) is 0 Å². The molecule has 0 aliphatic carbocycles. The van der Waals surface area contributed by atoms with E-state index in [0.29, 0.717) is 12.1 Å². The summed E-state index contributed by atoms with van der Waals surface area (Å²) in [6.45, 7) is 4.69. The molecule has 1 aromatic carbocycles. The first-order valence-corrected chi connectivity index (χ1v) is 5.07. The fourth-order valence-electron chi connectivity index (χ4n) is 1.08. The van der Waals surface area contributed by atoms with Crippen molar-refractivity contribution in [1.29, 1.82) is 0 Å². The van der Waals surface area contributed by atoms with Gasteiger partial charge in [-0.2, -0.15) is 0 Å². The van der Waals surface area contributed by atoms with Gasteiger partial charge >= 0.3 is 0 Å². The third-order valence-electron chi connectivity index (χ3n) is 2.40. The zero-order chi connectivity index (χ0) is 11.3. The third kappa shape index (κ3) is 4.64. The first-order chi connectivity index (χ1) is 7.05. The minimum absolute atomic E-state index is 0. The van der Waals surface area contributed by atoms with Crippen LogP contribution < -0.4 is 10.6 Å². The molecule has 0 aromatic heterocycles. The van der Waals surface area contributed by atoms with Crippen molar-refractivity contribution in [2.24, 2.45) is 0 Å². The summed E-state index contributed by atoms with van der Waals surface area (Å²) in [5.74, 6) is -0.0288. The van der Waals surface area contributed by atoms with Gasteiger partial charge in [0.15, 0.2) is 0 Å². The highest BCUT2D eigenvalue weighted by Crippen LogP contribution is 2.01. The van der Waals surface area contributed by atoms with Crippen LogP contribution in [0.25, 0.3) is 0 Å². The van der Waals surface area contributed by atoms with Gasteiger partial charge in [-0.3, -0.25) is 4.79 Å². The third-order valence-corrected chi connectivity index (χ3v) is 2.40. The van der Waals surface area contributed by atoms with Crippen LogP contribution in [0.3, 0.4) is 0 Å². The molecule has 3 nitrogen and oxygen atoms in total. The molecule has 0 atom stereocenters. The first-order valence-electron chi connectivity index (χ1n) is 5.07. The SMILES string of the molecule is CNC(C)(C)CNC(=O)c1ccccc1.Cl. The van der Waals surface area contributed by atoms with Gasteiger partial charge in [0, 0.05) is 17.6 Å². The molecular formula is C12H19ClN2O. The lowest BCUT2D eigenvalue weighted by Crippen LogP contribution is -2.47. The molecule has 0 bridgehead atoms. The molecule has 0 heterocycles. The molecule has 1 amide bonds. The van der Waals surface area contributed by atoms with Gasteiger partial charge in [0.25, 0.3) is 5.91 Å². The Bertz CT molecular complexity index is 325. The minimum Gasteiger partial charge on any atom is -0.350 e. The van der Waals surface area contributed by atoms with E-state index in [9.17, 15) is 4.79 Å². The Morgan fingerprint density at radius 2 is 1.81 bits per heavy atom. The number of likely N-dealkylation sites (N-methyl/N-ethyl adjacent to an activating group) is 1. The van der Waals surface area contributed by atoms with Crippen LogP contribution >= 0.6 is 12.4 Å². The monoisotopic (exact) mass is 242 g/mol. The molecule has 0 aliphatic heterocycles. The lowest BCUT2D eigenvalue weighted by molar-refractivity contribution is 0.0943. The van der Waals surface area contributed by atoms with Gasteiger partial charge in [0.05, 0.1) is 0 Å². The highest BCUT2D eigenvalue weighted by molar-refractivity contribution is 5.94. The van der Waals surface area contributed by atoms with E-state index in [2.05, 4.69) is 10.6 Å². The van der Waals surface area contributed by atoms with E-state index < -0.39 is 0 Å². The van der Waals surface area contributed by atoms with Crippen LogP contribution in [-0.4, -0.2) is 25.0 Å². The van der Waals surface area contributed by atoms with Crippen LogP contribution in [-0.2, 0) is 0 Å². The second-order valence-electron chi connectivity index (χ2n) is 4.18. The van der Waals surface area contributed by atoms with Crippen LogP contribution in [0.15, 0.2) is 30.3 Å². The Labute approximate surface area is 103 Å². The highest BCUT2D eigenvalue weighted by Gasteiger charge is 2.15. The molecule has 16 heavy (non-hydrogen) atoms. The fourth-order valence-corrected chi connectivity index (χ4v) is 1.08. The van der Waals surface area contributed by atoms with Gasteiger partial charge in [-0.1, -0.05) is 18.2 Å². The molecular weight excluding hydrogens is 224 g/mol. The van der Waals surface area contributed by atoms with Crippen LogP contribution in [0.4, 0.5) is 0 Å². The van der Waals surface area contributed by atoms with Gasteiger partial charge in [-0.05, 0) is 33.0 Å². The zero-order valence-corrected chi connectivity index (χ0v) is 10.7. The highest BCUT2D eigenvalue weighted by atomic mass is 35.5. The van der Waals surface area contributed by atoms with E-state index in [1.807, 2.05) is 51.2 Å². The standard InChI is InChI=1S/C12H18N2O.ClH/c1-12(2,13-3)9-14-11(15)10-7-5-4-6-8-10;/h4-8,13H,9H2,1-3H3,(H,14,15);1H. The van der Waals surface area contributed by atoms with E-state index in [0.717, 1.165) is 0 Å². The molecule has 2 N–H and O–H groups in total. The van der Waals surface area contributed by atoms with E-state index in [1.54, 1.807) is 0 Å². The number of halogens is 1. The zero-order valence-electron chi connectivity index (χ0n) is 9.91. The molecule has 4 heteroatoms. The lowest BCUT2D eigenvalue weighted by atomic mass is 10.1. The number of hydrogen-bond donors (Lipinski definition) is 2. The summed E-state index contributed by atoms with van der Waals surface area (Å²) in [5.41, 5.74) is 0.620. The molecule has 0 radical (unpaired) electrons. The quantitative estimate of drug-likeness (QED) is 0.846. The predicted octanol–water partition coefficient (Wildman–Crippen LogP) is 1.84. The summed E-state index contributed by atoms with van der Waals surface area (Å²) < 4.78 is 0. The molecule has 0 spiro atoms. The summed E-state index contributed by atoms with van der Waals surface area (Å²) in [4.78, 5) is 11.7. The summed E-state index contributed by atoms with van der Waals surface area (Å²) in [6.07, 6.45) is 0. The maximum Gasteiger partial charge on any atom is 0.251 e. The van der Waals surface area contributed by atoms with Crippen molar-refractivity contribution in [2.75, 3.05) is 13.6 Å². The Morgan fingerprint density at radius 1 is 1.25 bits per heavy atom. The van der Waals surface area contributed by atoms with Crippen molar-refractivity contribution in [3.63, 3.8) is 0 Å². The Kier molecular flexibility index (Phi) is 6.08. The van der Waals surface area contributed by atoms with Crippen LogP contribution in [0, 0.1) is 0 Å². The Hall–Kier alpha value is -1.06. The number of carbonyl (C=O) groups is 1. The van der Waals surface area contributed by atoms with Crippen LogP contribution in [0.1, 0.15) is 24.2 Å². The van der Waals surface area contributed by atoms with Crippen molar-refractivity contribution in [3.8, 4) is 0 Å². The molecule has 0 saturated heterocycles. The number of benzene rings is 1. The smallest absolute Gasteiger partial charge is 0.251 e. The van der Waals surface area contributed by atoms with Crippen molar-refractivity contribution in [2.45, 2.75) is 19.4 Å². The summed E-state index contributed by atoms with van der Waals surface area (Å²) >= 11 is 0. The number of carbonyl (C=O) groups excluding carboxylic acids is 1. The fraction of sp³-hybridized carbons (Fsp3) is 0.417. The summed E-state index contributed by atoms with van der Waals surface area (Å²) in [5, 5.41) is 6.02. The van der Waals surface area contributed by atoms with Gasteiger partial charge in [0.1, 0.15) is 0 Å². The van der Waals surface area contributed by atoms with Gasteiger partial charge in [-0.15, -0.1) is 12.4 Å². The van der Waals surface area contributed by atoms with Gasteiger partial charge in [-0.25, -0.2) is 0 Å². The summed E-state index contributed by atoms with van der Waals surface area (Å²) in [7, 11) is 1.88. The number of hydrogen-bond acceptors (Lipinski definition) is 2. The molecule has 1 aromatic rings. The summed E-state index contributed by atoms with van der Waals surface area (Å²) in [6, 6.07) is 9.23. The number of nitrogens with one attached hydrogen (secondary N) is 2. The Balaban J connectivity index is 0.00000225. The van der Waals surface area contributed by atoms with E-state index in [-0.39, 0.29) is 23.9 Å². The molecule has 0 fully saturated rings. The largest absolute Gasteiger partial charge is 0.350 e. The molecule has 0 aliphatic rings. The lowest BCUT2D eigenvalue weighted by Gasteiger charge is -2.24. The normalized spacial score (nSPS) is 10.4. The topological polar surface area (TPSA) is 41.1 Å². The molecule has 0 saturated carbocycles. The van der Waals surface area contributed by atoms with E-state index >= 15 is 0 Å². The maximum atomic E-state index is 11.7. The predicted molar refractivity (Wildman–Crippen MR) is 69.2 cm³/mol. The number of rotatable bonds is 4. The van der Waals surface area contributed by atoms with Crippen LogP contribution in [0.2, 0.25) is 0 Å². The maximum absolute atomic E-state index is 11.7. The average molecular weight is 243 g/mol. The molecule has 0 unspecified atom stereocenters. The average Bonchev–Trinajstić information content (AvgIpc) is 2.27. The second kappa shape index (κ2) is 6.51. The molecule has 90 valence electrons. The first kappa shape index (κ1) is 14.9. The van der Waals surface area contributed by atoms with E-state index in [4.69, 9.17) is 0 Å². The Morgan fingerprint density at radius 3 is 2.31 bits per heavy atom. The van der Waals surface area contributed by atoms with Crippen molar-refractivity contribution < 1.29 is 4.79 Å². The van der Waals surface area contributed by atoms with Crippen molar-refractivity contribution >= 4 is 18.3 Å². The van der Waals surface area contributed by atoms with Crippen molar-refractivity contribution in [3.05, 3.63) is 35.9 Å². The van der Waals surface area contributed by atoms with Crippen molar-refractivity contribution in [1.82, 2.24) is 10.6 Å². The molecule has 1 rings (SSSR count). The van der Waals surface area contributed by atoms with Gasteiger partial charge in [0.2, 0.25) is 0 Å². The second-order valence-corrected chi connectivity index (χ2v) is 4.18. The number of amides is 1. The minimum atomic E-state index is -0.0789.